The second-order valence-corrected chi connectivity index (χ2v) is 3.14. The van der Waals surface area contributed by atoms with Crippen LogP contribution in [0.15, 0.2) is 23.3 Å². The average molecular weight is 245 g/mol. The van der Waals surface area contributed by atoms with Gasteiger partial charge < -0.3 is 15.3 Å². The number of H-pyrrole nitrogens is 1. The second-order valence-electron chi connectivity index (χ2n) is 3.14. The molecular formula is C10H19N3O4. The third-order valence-electron chi connectivity index (χ3n) is 1.84. The van der Waals surface area contributed by atoms with E-state index in [0.29, 0.717) is 19.6 Å². The number of aliphatic hydroxyl groups is 3. The molecule has 98 valence electrons. The summed E-state index contributed by atoms with van der Waals surface area (Å²) in [6.07, 6.45) is 2.71. The predicted octanol–water partition coefficient (Wildman–Crippen LogP) is -1.96. The summed E-state index contributed by atoms with van der Waals surface area (Å²) in [5, 5.41) is 31.4. The van der Waals surface area contributed by atoms with Crippen molar-refractivity contribution < 1.29 is 15.3 Å². The molecule has 0 radical (unpaired) electrons. The monoisotopic (exact) mass is 245 g/mol. The molecule has 0 aliphatic heterocycles. The van der Waals surface area contributed by atoms with Crippen LogP contribution in [0.4, 0.5) is 0 Å². The van der Waals surface area contributed by atoms with Crippen molar-refractivity contribution in [3.8, 4) is 0 Å². The quantitative estimate of drug-likeness (QED) is 0.463. The molecule has 0 aliphatic carbocycles. The van der Waals surface area contributed by atoms with Crippen molar-refractivity contribution in [2.45, 2.75) is 0 Å². The Kier molecular flexibility index (Phi) is 10.4. The summed E-state index contributed by atoms with van der Waals surface area (Å²) in [5.74, 6) is 0. The van der Waals surface area contributed by atoms with Crippen LogP contribution >= 0.6 is 0 Å². The Morgan fingerprint density at radius 3 is 1.88 bits per heavy atom. The van der Waals surface area contributed by atoms with Gasteiger partial charge in [0.15, 0.2) is 5.43 Å². The highest BCUT2D eigenvalue weighted by atomic mass is 16.3. The molecular weight excluding hydrogens is 226 g/mol. The van der Waals surface area contributed by atoms with Gasteiger partial charge in [0.05, 0.1) is 26.0 Å². The summed E-state index contributed by atoms with van der Waals surface area (Å²) < 4.78 is 0. The highest BCUT2D eigenvalue weighted by molar-refractivity contribution is 4.82. The number of aromatic amines is 1. The minimum absolute atomic E-state index is 0.0694. The fourth-order valence-corrected chi connectivity index (χ4v) is 1.07. The third kappa shape index (κ3) is 9.64. The Morgan fingerprint density at radius 2 is 1.65 bits per heavy atom. The highest BCUT2D eigenvalue weighted by Crippen LogP contribution is 1.84. The van der Waals surface area contributed by atoms with Gasteiger partial charge in [-0.2, -0.15) is 5.10 Å². The SMILES string of the molecule is O=c1cc[nH]nc1.OCCN(CCO)CCO. The van der Waals surface area contributed by atoms with Gasteiger partial charge in [-0.25, -0.2) is 0 Å². The van der Waals surface area contributed by atoms with E-state index in [1.165, 1.54) is 18.5 Å². The van der Waals surface area contributed by atoms with E-state index in [1.807, 2.05) is 0 Å². The lowest BCUT2D eigenvalue weighted by Crippen LogP contribution is -2.32. The number of aromatic nitrogens is 2. The topological polar surface area (TPSA) is 110 Å². The number of rotatable bonds is 6. The molecule has 0 fully saturated rings. The molecule has 0 atom stereocenters. The Morgan fingerprint density at radius 1 is 1.12 bits per heavy atom. The molecule has 1 aromatic heterocycles. The van der Waals surface area contributed by atoms with E-state index in [0.717, 1.165) is 0 Å². The van der Waals surface area contributed by atoms with E-state index < -0.39 is 0 Å². The fraction of sp³-hybridized carbons (Fsp3) is 0.600. The van der Waals surface area contributed by atoms with Crippen molar-refractivity contribution in [2.24, 2.45) is 0 Å². The van der Waals surface area contributed by atoms with Crippen molar-refractivity contribution in [1.82, 2.24) is 15.1 Å². The molecule has 0 amide bonds. The maximum absolute atomic E-state index is 10.2. The smallest absolute Gasteiger partial charge is 0.200 e. The van der Waals surface area contributed by atoms with Gasteiger partial charge in [-0.3, -0.25) is 14.8 Å². The molecule has 1 rings (SSSR count). The van der Waals surface area contributed by atoms with Gasteiger partial charge in [0.2, 0.25) is 0 Å². The second kappa shape index (κ2) is 11.2. The molecule has 1 aromatic rings. The Hall–Kier alpha value is -1.28. The van der Waals surface area contributed by atoms with E-state index in [4.69, 9.17) is 15.3 Å². The molecule has 1 heterocycles. The van der Waals surface area contributed by atoms with Gasteiger partial charge in [0.25, 0.3) is 0 Å². The highest BCUT2D eigenvalue weighted by Gasteiger charge is 2.00. The van der Waals surface area contributed by atoms with Crippen molar-refractivity contribution in [3.63, 3.8) is 0 Å². The number of nitrogens with one attached hydrogen (secondary N) is 1. The molecule has 0 aliphatic rings. The van der Waals surface area contributed by atoms with Crippen LogP contribution < -0.4 is 5.43 Å². The predicted molar refractivity (Wildman–Crippen MR) is 62.6 cm³/mol. The van der Waals surface area contributed by atoms with E-state index in [1.54, 1.807) is 4.90 Å². The minimum atomic E-state index is -0.0706. The lowest BCUT2D eigenvalue weighted by molar-refractivity contribution is 0.136. The molecule has 0 saturated heterocycles. The fourth-order valence-electron chi connectivity index (χ4n) is 1.07. The number of aliphatic hydroxyl groups excluding tert-OH is 3. The maximum Gasteiger partial charge on any atom is 0.200 e. The summed E-state index contributed by atoms with van der Waals surface area (Å²) >= 11 is 0. The molecule has 0 saturated carbocycles. The maximum atomic E-state index is 10.2. The van der Waals surface area contributed by atoms with Gasteiger partial charge in [-0.15, -0.1) is 0 Å². The Bertz CT molecular complexity index is 287. The van der Waals surface area contributed by atoms with Gasteiger partial charge in [-0.1, -0.05) is 0 Å². The Balaban J connectivity index is 0.000000318. The summed E-state index contributed by atoms with van der Waals surface area (Å²) in [6.45, 7) is 1.75. The summed E-state index contributed by atoms with van der Waals surface area (Å²) in [7, 11) is 0. The van der Waals surface area contributed by atoms with Crippen LogP contribution in [0.25, 0.3) is 0 Å². The minimum Gasteiger partial charge on any atom is -0.395 e. The molecule has 7 nitrogen and oxygen atoms in total. The number of hydrogen-bond acceptors (Lipinski definition) is 6. The van der Waals surface area contributed by atoms with Crippen molar-refractivity contribution >= 4 is 0 Å². The van der Waals surface area contributed by atoms with Gasteiger partial charge in [0.1, 0.15) is 0 Å². The van der Waals surface area contributed by atoms with E-state index in [9.17, 15) is 4.79 Å². The first-order chi connectivity index (χ1) is 8.24. The zero-order chi connectivity index (χ0) is 12.9. The van der Waals surface area contributed by atoms with E-state index >= 15 is 0 Å². The van der Waals surface area contributed by atoms with Crippen molar-refractivity contribution in [1.29, 1.82) is 0 Å². The molecule has 17 heavy (non-hydrogen) atoms. The molecule has 7 heteroatoms. The van der Waals surface area contributed by atoms with Crippen LogP contribution in [-0.2, 0) is 0 Å². The van der Waals surface area contributed by atoms with E-state index in [-0.39, 0.29) is 25.2 Å². The summed E-state index contributed by atoms with van der Waals surface area (Å²) in [6, 6.07) is 1.41. The first-order valence-electron chi connectivity index (χ1n) is 5.28. The van der Waals surface area contributed by atoms with Crippen molar-refractivity contribution in [3.05, 3.63) is 28.7 Å². The zero-order valence-corrected chi connectivity index (χ0v) is 9.62. The first kappa shape index (κ1) is 15.7. The van der Waals surface area contributed by atoms with Crippen LogP contribution in [0.1, 0.15) is 0 Å². The number of hydrogen-bond donors (Lipinski definition) is 4. The third-order valence-corrected chi connectivity index (χ3v) is 1.84. The van der Waals surface area contributed by atoms with Crippen LogP contribution in [0.3, 0.4) is 0 Å². The molecule has 0 unspecified atom stereocenters. The standard InChI is InChI=1S/C6H15NO3.C4H4N2O/c8-4-1-7(2-5-9)3-6-10;7-4-1-2-5-6-3-4/h8-10H,1-6H2;1-3H,(H,5,7). The average Bonchev–Trinajstić information content (AvgIpc) is 2.32. The van der Waals surface area contributed by atoms with Gasteiger partial charge >= 0.3 is 0 Å². The van der Waals surface area contributed by atoms with Crippen LogP contribution in [0, 0.1) is 0 Å². The summed E-state index contributed by atoms with van der Waals surface area (Å²) in [4.78, 5) is 12.0. The molecule has 0 bridgehead atoms. The normalized spacial score (nSPS) is 9.88. The summed E-state index contributed by atoms with van der Waals surface area (Å²) in [5.41, 5.74) is -0.0706. The van der Waals surface area contributed by atoms with Gasteiger partial charge in [0, 0.05) is 31.9 Å². The van der Waals surface area contributed by atoms with Crippen LogP contribution in [0.5, 0.6) is 0 Å². The van der Waals surface area contributed by atoms with Gasteiger partial charge in [-0.05, 0) is 0 Å². The zero-order valence-electron chi connectivity index (χ0n) is 9.62. The molecule has 0 aromatic carbocycles. The lowest BCUT2D eigenvalue weighted by Gasteiger charge is -2.17. The van der Waals surface area contributed by atoms with Crippen LogP contribution in [0.2, 0.25) is 0 Å². The largest absolute Gasteiger partial charge is 0.395 e. The number of nitrogens with zero attached hydrogens (tertiary/aromatic N) is 2. The molecule has 0 spiro atoms. The van der Waals surface area contributed by atoms with Crippen molar-refractivity contribution in [2.75, 3.05) is 39.5 Å². The van der Waals surface area contributed by atoms with E-state index in [2.05, 4.69) is 10.2 Å². The first-order valence-corrected chi connectivity index (χ1v) is 5.28. The molecule has 4 N–H and O–H groups in total. The Labute approximate surface area is 99.3 Å². The van der Waals surface area contributed by atoms with Crippen LogP contribution in [-0.4, -0.2) is 69.9 Å². The lowest BCUT2D eigenvalue weighted by atomic mass is 10.4.